The Balaban J connectivity index is 1.52. The largest absolute Gasteiger partial charge is 0.326 e. The van der Waals surface area contributed by atoms with Gasteiger partial charge in [-0.2, -0.15) is 0 Å². The fourth-order valence-electron chi connectivity index (χ4n) is 4.22. The summed E-state index contributed by atoms with van der Waals surface area (Å²) in [5.41, 5.74) is 2.95. The van der Waals surface area contributed by atoms with Crippen molar-refractivity contribution in [1.82, 2.24) is 0 Å². The topological polar surface area (TPSA) is 95.6 Å². The highest BCUT2D eigenvalue weighted by molar-refractivity contribution is 7.85. The summed E-state index contributed by atoms with van der Waals surface area (Å²) in [4.78, 5) is 40.5. The minimum absolute atomic E-state index is 0.174. The van der Waals surface area contributed by atoms with Crippen LogP contribution in [0.3, 0.4) is 0 Å². The Morgan fingerprint density at radius 2 is 1.55 bits per heavy atom. The number of anilines is 3. The quantitative estimate of drug-likeness (QED) is 0.329. The van der Waals surface area contributed by atoms with E-state index < -0.39 is 16.7 Å². The second-order valence-corrected chi connectivity index (χ2v) is 10.5. The number of nitrogens with zero attached hydrogens (tertiary/aromatic N) is 1. The van der Waals surface area contributed by atoms with Crippen molar-refractivity contribution in [2.45, 2.75) is 23.3 Å². The van der Waals surface area contributed by atoms with Crippen LogP contribution in [0.4, 0.5) is 17.1 Å². The SMILES string of the molecule is CC(=O)Nc1ccc(NC(=O)c2ccc3c(c2)N(Cc2cccc(Cl)c2)C(=O)c2ccccc2[S@]3=O)cc1. The van der Waals surface area contributed by atoms with Gasteiger partial charge in [0.05, 0.1) is 38.4 Å². The Morgan fingerprint density at radius 1 is 0.842 bits per heavy atom. The molecular weight excluding hydrogens is 522 g/mol. The van der Waals surface area contributed by atoms with E-state index in [1.54, 1.807) is 84.9 Å². The molecule has 0 saturated carbocycles. The lowest BCUT2D eigenvalue weighted by Gasteiger charge is -2.24. The highest BCUT2D eigenvalue weighted by Gasteiger charge is 2.31. The molecule has 0 unspecified atom stereocenters. The smallest absolute Gasteiger partial charge is 0.259 e. The summed E-state index contributed by atoms with van der Waals surface area (Å²) >= 11 is 6.19. The van der Waals surface area contributed by atoms with Gasteiger partial charge in [0.1, 0.15) is 0 Å². The molecule has 190 valence electrons. The summed E-state index contributed by atoms with van der Waals surface area (Å²) in [6.45, 7) is 1.59. The Morgan fingerprint density at radius 3 is 2.26 bits per heavy atom. The summed E-state index contributed by atoms with van der Waals surface area (Å²) in [5.74, 6) is -0.912. The molecule has 1 aliphatic rings. The predicted molar refractivity (Wildman–Crippen MR) is 148 cm³/mol. The van der Waals surface area contributed by atoms with Gasteiger partial charge in [0.2, 0.25) is 5.91 Å². The van der Waals surface area contributed by atoms with Crippen LogP contribution in [0.2, 0.25) is 5.02 Å². The number of carbonyl (C=O) groups excluding carboxylic acids is 3. The van der Waals surface area contributed by atoms with Gasteiger partial charge in [0.15, 0.2) is 0 Å². The maximum absolute atomic E-state index is 13.7. The molecule has 0 spiro atoms. The van der Waals surface area contributed by atoms with Crippen LogP contribution in [0.15, 0.2) is 101 Å². The van der Waals surface area contributed by atoms with Gasteiger partial charge in [-0.25, -0.2) is 4.21 Å². The molecule has 4 aromatic rings. The van der Waals surface area contributed by atoms with Crippen LogP contribution in [0.25, 0.3) is 0 Å². The van der Waals surface area contributed by atoms with Crippen LogP contribution in [0, 0.1) is 0 Å². The first-order valence-corrected chi connectivity index (χ1v) is 13.2. The van der Waals surface area contributed by atoms with E-state index >= 15 is 0 Å². The van der Waals surface area contributed by atoms with Crippen LogP contribution in [0.5, 0.6) is 0 Å². The lowest BCUT2D eigenvalue weighted by molar-refractivity contribution is -0.114. The van der Waals surface area contributed by atoms with Gasteiger partial charge in [0.25, 0.3) is 11.8 Å². The first-order valence-electron chi connectivity index (χ1n) is 11.7. The molecule has 1 heterocycles. The van der Waals surface area contributed by atoms with E-state index in [9.17, 15) is 18.6 Å². The number of carbonyl (C=O) groups is 3. The minimum atomic E-state index is -1.63. The molecular formula is C29H22ClN3O4S. The van der Waals surface area contributed by atoms with E-state index in [0.29, 0.717) is 43.0 Å². The fourth-order valence-corrected chi connectivity index (χ4v) is 5.78. The molecule has 7 nitrogen and oxygen atoms in total. The average molecular weight is 544 g/mol. The van der Waals surface area contributed by atoms with Gasteiger partial charge >= 0.3 is 0 Å². The van der Waals surface area contributed by atoms with Gasteiger partial charge in [-0.3, -0.25) is 14.4 Å². The minimum Gasteiger partial charge on any atom is -0.326 e. The van der Waals surface area contributed by atoms with Crippen LogP contribution in [-0.2, 0) is 22.1 Å². The summed E-state index contributed by atoms with van der Waals surface area (Å²) in [5, 5.41) is 6.03. The number of hydrogen-bond acceptors (Lipinski definition) is 4. The maximum Gasteiger partial charge on any atom is 0.259 e. The van der Waals surface area contributed by atoms with Crippen LogP contribution in [-0.4, -0.2) is 21.9 Å². The molecule has 3 amide bonds. The number of fused-ring (bicyclic) bond motifs is 2. The van der Waals surface area contributed by atoms with Crippen molar-refractivity contribution in [1.29, 1.82) is 0 Å². The van der Waals surface area contributed by atoms with E-state index in [-0.39, 0.29) is 18.4 Å². The summed E-state index contributed by atoms with van der Waals surface area (Å²) < 4.78 is 13.6. The molecule has 0 saturated heterocycles. The number of halogens is 1. The van der Waals surface area contributed by atoms with Gasteiger partial charge < -0.3 is 15.5 Å². The summed E-state index contributed by atoms with van der Waals surface area (Å²) in [6.07, 6.45) is 0. The molecule has 9 heteroatoms. The normalized spacial score (nSPS) is 14.2. The van der Waals surface area contributed by atoms with Crippen molar-refractivity contribution in [3.63, 3.8) is 0 Å². The molecule has 0 aromatic heterocycles. The van der Waals surface area contributed by atoms with Crippen LogP contribution in [0.1, 0.15) is 33.2 Å². The monoisotopic (exact) mass is 543 g/mol. The summed E-state index contributed by atoms with van der Waals surface area (Å²) in [7, 11) is -1.63. The third kappa shape index (κ3) is 5.22. The highest BCUT2D eigenvalue weighted by Crippen LogP contribution is 2.36. The van der Waals surface area contributed by atoms with E-state index in [1.807, 2.05) is 6.07 Å². The molecule has 4 aromatic carbocycles. The third-order valence-electron chi connectivity index (χ3n) is 5.97. The van der Waals surface area contributed by atoms with Crippen LogP contribution >= 0.6 is 11.6 Å². The number of rotatable bonds is 5. The molecule has 0 fully saturated rings. The first-order chi connectivity index (χ1) is 18.3. The zero-order chi connectivity index (χ0) is 26.8. The molecule has 38 heavy (non-hydrogen) atoms. The third-order valence-corrected chi connectivity index (χ3v) is 7.70. The maximum atomic E-state index is 13.7. The summed E-state index contributed by atoms with van der Waals surface area (Å²) in [6, 6.07) is 25.5. The van der Waals surface area contributed by atoms with Crippen molar-refractivity contribution in [2.75, 3.05) is 15.5 Å². The van der Waals surface area contributed by atoms with Gasteiger partial charge in [-0.15, -0.1) is 0 Å². The second kappa shape index (κ2) is 10.6. The predicted octanol–water partition coefficient (Wildman–Crippen LogP) is 5.88. The molecule has 0 bridgehead atoms. The van der Waals surface area contributed by atoms with E-state index in [0.717, 1.165) is 5.56 Å². The molecule has 2 N–H and O–H groups in total. The average Bonchev–Trinajstić information content (AvgIpc) is 2.99. The zero-order valence-corrected chi connectivity index (χ0v) is 21.8. The standard InChI is InChI=1S/C29H22ClN3O4S/c1-18(34)31-22-10-12-23(13-11-22)32-28(35)20-9-14-27-25(16-20)33(17-19-5-4-6-21(30)15-19)29(36)24-7-2-3-8-26(24)38(27)37/h2-16H,17H2,1H3,(H,31,34)(H,32,35)/t38-/m1/s1. The van der Waals surface area contributed by atoms with Gasteiger partial charge in [-0.1, -0.05) is 35.9 Å². The van der Waals surface area contributed by atoms with Crippen molar-refractivity contribution in [3.05, 3.63) is 113 Å². The molecule has 1 aliphatic heterocycles. The Hall–Kier alpha value is -4.27. The Labute approximate surface area is 226 Å². The van der Waals surface area contributed by atoms with E-state index in [4.69, 9.17) is 11.6 Å². The number of hydrogen-bond donors (Lipinski definition) is 2. The van der Waals surface area contributed by atoms with Gasteiger partial charge in [-0.05, 0) is 72.3 Å². The Kier molecular flexibility index (Phi) is 7.09. The van der Waals surface area contributed by atoms with Crippen LogP contribution < -0.4 is 15.5 Å². The number of nitrogens with one attached hydrogen (secondary N) is 2. The lowest BCUT2D eigenvalue weighted by Crippen LogP contribution is -2.30. The van der Waals surface area contributed by atoms with Crippen molar-refractivity contribution in [3.8, 4) is 0 Å². The highest BCUT2D eigenvalue weighted by atomic mass is 35.5. The molecule has 1 atom stereocenters. The molecule has 5 rings (SSSR count). The first kappa shape index (κ1) is 25.4. The van der Waals surface area contributed by atoms with E-state index in [1.165, 1.54) is 11.8 Å². The zero-order valence-electron chi connectivity index (χ0n) is 20.2. The lowest BCUT2D eigenvalue weighted by atomic mass is 10.1. The Bertz CT molecular complexity index is 1600. The van der Waals surface area contributed by atoms with Crippen molar-refractivity contribution >= 4 is 57.2 Å². The fraction of sp³-hybridized carbons (Fsp3) is 0.0690. The van der Waals surface area contributed by atoms with Crippen molar-refractivity contribution < 1.29 is 18.6 Å². The number of amides is 3. The van der Waals surface area contributed by atoms with Gasteiger partial charge in [0, 0.05) is 28.9 Å². The number of benzene rings is 4. The van der Waals surface area contributed by atoms with Crippen molar-refractivity contribution in [2.24, 2.45) is 0 Å². The molecule has 0 aliphatic carbocycles. The second-order valence-electron chi connectivity index (χ2n) is 8.68. The van der Waals surface area contributed by atoms with E-state index in [2.05, 4.69) is 10.6 Å². The molecule has 0 radical (unpaired) electrons.